The highest BCUT2D eigenvalue weighted by atomic mass is 35.5. The Kier molecular flexibility index (Phi) is 6.95. The third-order valence-electron chi connectivity index (χ3n) is 5.52. The van der Waals surface area contributed by atoms with E-state index in [1.54, 1.807) is 0 Å². The number of alkyl halides is 3. The van der Waals surface area contributed by atoms with Gasteiger partial charge in [-0.05, 0) is 35.4 Å². The largest absolute Gasteiger partial charge is 0.495 e. The maximum atomic E-state index is 14.1. The van der Waals surface area contributed by atoms with E-state index in [1.165, 1.54) is 35.7 Å². The Hall–Kier alpha value is -2.87. The molecule has 3 aromatic rings. The summed E-state index contributed by atoms with van der Waals surface area (Å²) in [5.74, 6) is 0.264. The average Bonchev–Trinajstić information content (AvgIpc) is 3.22. The summed E-state index contributed by atoms with van der Waals surface area (Å²) in [7, 11) is -2.73. The molecule has 4 rings (SSSR count). The van der Waals surface area contributed by atoms with Gasteiger partial charge in [-0.15, -0.1) is 5.10 Å². The van der Waals surface area contributed by atoms with Crippen LogP contribution in [-0.4, -0.2) is 61.2 Å². The van der Waals surface area contributed by atoms with Crippen molar-refractivity contribution in [1.82, 2.24) is 24.8 Å². The number of anilines is 1. The number of nitrogens with one attached hydrogen (secondary N) is 2. The number of hydrogen-bond donors (Lipinski definition) is 3. The Labute approximate surface area is 204 Å². The smallest absolute Gasteiger partial charge is 0.417 e. The van der Waals surface area contributed by atoms with Crippen molar-refractivity contribution in [2.24, 2.45) is 0 Å². The van der Waals surface area contributed by atoms with E-state index in [0.29, 0.717) is 13.1 Å². The zero-order valence-corrected chi connectivity index (χ0v) is 20.1. The topological polar surface area (TPSA) is 126 Å². The van der Waals surface area contributed by atoms with Gasteiger partial charge in [-0.1, -0.05) is 17.7 Å². The van der Waals surface area contributed by atoms with Crippen LogP contribution in [0.25, 0.3) is 11.1 Å². The molecule has 9 nitrogen and oxygen atoms in total. The number of hydrogen-bond acceptors (Lipinski definition) is 7. The van der Waals surface area contributed by atoms with Crippen LogP contribution in [0.2, 0.25) is 5.02 Å². The lowest BCUT2D eigenvalue weighted by atomic mass is 9.95. The summed E-state index contributed by atoms with van der Waals surface area (Å²) in [6, 6.07) is 6.17. The summed E-state index contributed by atoms with van der Waals surface area (Å²) in [5.41, 5.74) is 4.34. The lowest BCUT2D eigenvalue weighted by molar-refractivity contribution is -0.137. The van der Waals surface area contributed by atoms with Gasteiger partial charge >= 0.3 is 6.18 Å². The summed E-state index contributed by atoms with van der Waals surface area (Å²) in [6.45, 7) is 1.38. The minimum atomic E-state index is -4.77. The number of piperazine rings is 1. The van der Waals surface area contributed by atoms with Crippen molar-refractivity contribution < 1.29 is 26.3 Å². The average molecular weight is 531 g/mol. The number of sulfonamides is 1. The van der Waals surface area contributed by atoms with Gasteiger partial charge in [0.2, 0.25) is 16.0 Å². The molecule has 0 bridgehead atoms. The second kappa shape index (κ2) is 9.64. The predicted molar refractivity (Wildman–Crippen MR) is 124 cm³/mol. The Bertz CT molecular complexity index is 1340. The fraction of sp³-hybridized carbons (Fsp3) is 0.333. The molecule has 1 aromatic heterocycles. The summed E-state index contributed by atoms with van der Waals surface area (Å²) in [6.07, 6.45) is -4.79. The number of methoxy groups -OCH3 is 1. The number of nitrogens with zero attached hydrogens (tertiary/aromatic N) is 3. The van der Waals surface area contributed by atoms with Gasteiger partial charge in [0.1, 0.15) is 16.5 Å². The molecule has 1 aliphatic heterocycles. The maximum Gasteiger partial charge on any atom is 0.417 e. The van der Waals surface area contributed by atoms with Gasteiger partial charge in [0.05, 0.1) is 12.7 Å². The normalized spacial score (nSPS) is 15.3. The first-order valence-electron chi connectivity index (χ1n) is 10.5. The lowest BCUT2D eigenvalue weighted by Crippen LogP contribution is -2.46. The molecule has 1 aliphatic rings. The van der Waals surface area contributed by atoms with Gasteiger partial charge in [0.25, 0.3) is 0 Å². The van der Waals surface area contributed by atoms with Crippen LogP contribution in [-0.2, 0) is 22.6 Å². The van der Waals surface area contributed by atoms with E-state index in [2.05, 4.69) is 20.5 Å². The SMILES string of the molecule is COc1ccc(-c2c(Cl)cc(Cc3nc(N)n[nH]3)cc2C(F)(F)F)cc1S(=O)(=O)N1CCNCC1. The minimum Gasteiger partial charge on any atom is -0.495 e. The number of ether oxygens (including phenoxy) is 1. The van der Waals surface area contributed by atoms with E-state index in [-0.39, 0.29) is 63.6 Å². The minimum absolute atomic E-state index is 0.00714. The van der Waals surface area contributed by atoms with Crippen molar-refractivity contribution >= 4 is 27.6 Å². The van der Waals surface area contributed by atoms with Crippen LogP contribution in [0.1, 0.15) is 17.0 Å². The number of halogens is 4. The fourth-order valence-electron chi connectivity index (χ4n) is 3.92. The van der Waals surface area contributed by atoms with Crippen molar-refractivity contribution in [2.45, 2.75) is 17.5 Å². The quantitative estimate of drug-likeness (QED) is 0.447. The van der Waals surface area contributed by atoms with Crippen LogP contribution in [0.4, 0.5) is 19.1 Å². The van der Waals surface area contributed by atoms with E-state index in [9.17, 15) is 21.6 Å². The van der Waals surface area contributed by atoms with Crippen LogP contribution in [0, 0.1) is 0 Å². The van der Waals surface area contributed by atoms with Crippen LogP contribution in [0.3, 0.4) is 0 Å². The van der Waals surface area contributed by atoms with Crippen molar-refractivity contribution in [3.63, 3.8) is 0 Å². The van der Waals surface area contributed by atoms with Crippen molar-refractivity contribution in [2.75, 3.05) is 39.0 Å². The Morgan fingerprint density at radius 1 is 1.20 bits per heavy atom. The first-order chi connectivity index (χ1) is 16.5. The van der Waals surface area contributed by atoms with Crippen molar-refractivity contribution in [1.29, 1.82) is 0 Å². The first-order valence-corrected chi connectivity index (χ1v) is 12.3. The molecular formula is C21H22ClF3N6O3S. The van der Waals surface area contributed by atoms with Crippen LogP contribution < -0.4 is 15.8 Å². The monoisotopic (exact) mass is 530 g/mol. The highest BCUT2D eigenvalue weighted by molar-refractivity contribution is 7.89. The number of nitrogen functional groups attached to an aromatic ring is 1. The number of aromatic amines is 1. The lowest BCUT2D eigenvalue weighted by Gasteiger charge is -2.27. The Balaban J connectivity index is 1.83. The molecule has 4 N–H and O–H groups in total. The van der Waals surface area contributed by atoms with Crippen LogP contribution in [0.15, 0.2) is 35.2 Å². The number of nitrogens with two attached hydrogens (primary N) is 1. The van der Waals surface area contributed by atoms with Crippen molar-refractivity contribution in [3.8, 4) is 16.9 Å². The molecule has 0 saturated carbocycles. The molecule has 188 valence electrons. The van der Waals surface area contributed by atoms with Gasteiger partial charge in [0.15, 0.2) is 0 Å². The fourth-order valence-corrected chi connectivity index (χ4v) is 5.90. The molecule has 2 aromatic carbocycles. The van der Waals surface area contributed by atoms with Gasteiger partial charge in [-0.2, -0.15) is 22.5 Å². The second-order valence-corrected chi connectivity index (χ2v) is 10.1. The van der Waals surface area contributed by atoms with Gasteiger partial charge in [-0.3, -0.25) is 5.10 Å². The highest BCUT2D eigenvalue weighted by Crippen LogP contribution is 2.43. The van der Waals surface area contributed by atoms with Crippen molar-refractivity contribution in [3.05, 3.63) is 52.3 Å². The highest BCUT2D eigenvalue weighted by Gasteiger charge is 2.36. The van der Waals surface area contributed by atoms with Gasteiger partial charge in [-0.25, -0.2) is 8.42 Å². The van der Waals surface area contributed by atoms with E-state index in [4.69, 9.17) is 22.1 Å². The third-order valence-corrected chi connectivity index (χ3v) is 7.74. The summed E-state index contributed by atoms with van der Waals surface area (Å²) >= 11 is 6.37. The molecule has 0 unspecified atom stereocenters. The number of H-pyrrole nitrogens is 1. The van der Waals surface area contributed by atoms with E-state index >= 15 is 0 Å². The zero-order chi connectivity index (χ0) is 25.4. The van der Waals surface area contributed by atoms with Gasteiger partial charge in [0, 0.05) is 43.2 Å². The number of benzene rings is 2. The van der Waals surface area contributed by atoms with E-state index in [0.717, 1.165) is 6.07 Å². The molecule has 0 spiro atoms. The first kappa shape index (κ1) is 25.2. The standard InChI is InChI=1S/C21H22ClF3N6O3S/c1-34-16-3-2-13(11-17(16)35(32,33)31-6-4-27-5-7-31)19-14(21(23,24)25)8-12(9-15(19)22)10-18-28-20(26)30-29-18/h2-3,8-9,11,27H,4-7,10H2,1H3,(H3,26,28,29,30). The Morgan fingerprint density at radius 2 is 1.91 bits per heavy atom. The molecule has 0 aliphatic carbocycles. The molecular weight excluding hydrogens is 509 g/mol. The molecule has 0 radical (unpaired) electrons. The van der Waals surface area contributed by atoms with Gasteiger partial charge < -0.3 is 15.8 Å². The molecule has 0 amide bonds. The predicted octanol–water partition coefficient (Wildman–Crippen LogP) is 2.92. The molecule has 2 heterocycles. The molecule has 1 fully saturated rings. The third kappa shape index (κ3) is 5.22. The number of aromatic nitrogens is 3. The number of rotatable bonds is 6. The summed E-state index contributed by atoms with van der Waals surface area (Å²) in [5, 5.41) is 9.08. The Morgan fingerprint density at radius 3 is 2.51 bits per heavy atom. The van der Waals surface area contributed by atoms with E-state index in [1.807, 2.05) is 0 Å². The van der Waals surface area contributed by atoms with Crippen LogP contribution >= 0.6 is 11.6 Å². The summed E-state index contributed by atoms with van der Waals surface area (Å²) < 4.78 is 75.5. The van der Waals surface area contributed by atoms with Crippen LogP contribution in [0.5, 0.6) is 5.75 Å². The molecule has 14 heteroatoms. The molecule has 35 heavy (non-hydrogen) atoms. The molecule has 1 saturated heterocycles. The zero-order valence-electron chi connectivity index (χ0n) is 18.5. The summed E-state index contributed by atoms with van der Waals surface area (Å²) in [4.78, 5) is 3.68. The van der Waals surface area contributed by atoms with E-state index < -0.39 is 21.8 Å². The maximum absolute atomic E-state index is 14.1. The second-order valence-electron chi connectivity index (χ2n) is 7.83. The molecule has 0 atom stereocenters.